The Bertz CT molecular complexity index is 516. The number of aromatic nitrogens is 1. The second-order valence-electron chi connectivity index (χ2n) is 4.93. The van der Waals surface area contributed by atoms with Gasteiger partial charge < -0.3 is 0 Å². The molecule has 1 aliphatic rings. The molecule has 1 aliphatic heterocycles. The normalized spacial score (nSPS) is 20.8. The first-order chi connectivity index (χ1) is 9.03. The van der Waals surface area contributed by atoms with E-state index in [0.29, 0.717) is 19.5 Å². The zero-order valence-electron chi connectivity index (χ0n) is 11.0. The van der Waals surface area contributed by atoms with Crippen LogP contribution in [0.3, 0.4) is 0 Å². The highest BCUT2D eigenvalue weighted by atomic mass is 32.2. The van der Waals surface area contributed by atoms with E-state index in [0.717, 1.165) is 18.4 Å². The molecule has 0 amide bonds. The number of sulfonamides is 1. The molecule has 1 atom stereocenters. The van der Waals surface area contributed by atoms with Crippen LogP contribution in [0.5, 0.6) is 0 Å². The summed E-state index contributed by atoms with van der Waals surface area (Å²) in [5.41, 5.74) is 0.912. The summed E-state index contributed by atoms with van der Waals surface area (Å²) in [6.45, 7) is 3.01. The van der Waals surface area contributed by atoms with Crippen LogP contribution in [-0.2, 0) is 10.0 Å². The maximum atomic E-state index is 12.8. The number of hydrogen-bond acceptors (Lipinski definition) is 3. The lowest BCUT2D eigenvalue weighted by Gasteiger charge is -2.16. The van der Waals surface area contributed by atoms with Gasteiger partial charge in [0, 0.05) is 25.2 Å². The number of unbranched alkanes of at least 4 members (excludes halogenated alkanes) is 1. The van der Waals surface area contributed by atoms with Crippen molar-refractivity contribution in [2.24, 2.45) is 0 Å². The molecule has 1 aromatic heterocycles. The Hall–Kier alpha value is -1.01. The van der Waals surface area contributed by atoms with Gasteiger partial charge in [0.25, 0.3) is 0 Å². The van der Waals surface area contributed by atoms with Crippen LogP contribution in [0.25, 0.3) is 0 Å². The molecule has 1 fully saturated rings. The topological polar surface area (TPSA) is 50.3 Å². The fourth-order valence-electron chi connectivity index (χ4n) is 2.34. The largest absolute Gasteiger partial charge is 0.228 e. The molecule has 1 unspecified atom stereocenters. The maximum absolute atomic E-state index is 12.8. The van der Waals surface area contributed by atoms with Gasteiger partial charge in [-0.2, -0.15) is 4.39 Å². The molecule has 6 heteroatoms. The molecule has 2 heterocycles. The summed E-state index contributed by atoms with van der Waals surface area (Å²) < 4.78 is 38.5. The fraction of sp³-hybridized carbons (Fsp3) is 0.615. The molecule has 0 spiro atoms. The Balaban J connectivity index is 2.02. The molecule has 4 nitrogen and oxygen atoms in total. The predicted molar refractivity (Wildman–Crippen MR) is 71.8 cm³/mol. The smallest absolute Gasteiger partial charge is 0.214 e. The van der Waals surface area contributed by atoms with Crippen molar-refractivity contribution in [3.05, 3.63) is 29.8 Å². The first-order valence-corrected chi connectivity index (χ1v) is 8.23. The molecule has 0 N–H and O–H groups in total. The van der Waals surface area contributed by atoms with E-state index in [2.05, 4.69) is 4.98 Å². The Morgan fingerprint density at radius 3 is 2.89 bits per heavy atom. The third-order valence-corrected chi connectivity index (χ3v) is 5.44. The minimum absolute atomic E-state index is 0.129. The number of nitrogens with zero attached hydrogens (tertiary/aromatic N) is 2. The molecular formula is C13H19FN2O2S. The standard InChI is InChI=1S/C13H19FN2O2S/c1-2-3-8-19(17,18)16-7-6-12(10-16)11-4-5-13(14)15-9-11/h4-5,9,12H,2-3,6-8,10H2,1H3. The Morgan fingerprint density at radius 1 is 1.47 bits per heavy atom. The van der Waals surface area contributed by atoms with Gasteiger partial charge in [0.15, 0.2) is 0 Å². The summed E-state index contributed by atoms with van der Waals surface area (Å²) in [5.74, 6) is -0.156. The molecule has 0 saturated carbocycles. The summed E-state index contributed by atoms with van der Waals surface area (Å²) >= 11 is 0. The van der Waals surface area contributed by atoms with Crippen molar-refractivity contribution in [3.63, 3.8) is 0 Å². The molecule has 19 heavy (non-hydrogen) atoms. The van der Waals surface area contributed by atoms with Gasteiger partial charge in [0.1, 0.15) is 0 Å². The Labute approximate surface area is 113 Å². The van der Waals surface area contributed by atoms with Crippen molar-refractivity contribution in [3.8, 4) is 0 Å². The average molecular weight is 286 g/mol. The summed E-state index contributed by atoms with van der Waals surface area (Å²) in [7, 11) is -3.13. The van der Waals surface area contributed by atoms with E-state index < -0.39 is 16.0 Å². The maximum Gasteiger partial charge on any atom is 0.214 e. The summed E-state index contributed by atoms with van der Waals surface area (Å²) in [6.07, 6.45) is 3.85. The summed E-state index contributed by atoms with van der Waals surface area (Å²) in [5, 5.41) is 0. The van der Waals surface area contributed by atoms with E-state index in [-0.39, 0.29) is 11.7 Å². The Morgan fingerprint density at radius 2 is 2.26 bits per heavy atom. The third-order valence-electron chi connectivity index (χ3n) is 3.52. The van der Waals surface area contributed by atoms with E-state index in [9.17, 15) is 12.8 Å². The highest BCUT2D eigenvalue weighted by Gasteiger charge is 2.31. The second kappa shape index (κ2) is 5.96. The molecule has 0 radical (unpaired) electrons. The quantitative estimate of drug-likeness (QED) is 0.779. The van der Waals surface area contributed by atoms with Gasteiger partial charge in [-0.05, 0) is 24.5 Å². The van der Waals surface area contributed by atoms with Crippen LogP contribution in [-0.4, -0.2) is 36.5 Å². The molecule has 106 valence electrons. The van der Waals surface area contributed by atoms with Crippen molar-refractivity contribution >= 4 is 10.0 Å². The molecule has 0 bridgehead atoms. The van der Waals surface area contributed by atoms with Crippen LogP contribution >= 0.6 is 0 Å². The van der Waals surface area contributed by atoms with E-state index in [1.807, 2.05) is 6.92 Å². The SMILES string of the molecule is CCCCS(=O)(=O)N1CCC(c2ccc(F)nc2)C1. The monoisotopic (exact) mass is 286 g/mol. The van der Waals surface area contributed by atoms with Crippen LogP contribution in [0, 0.1) is 5.95 Å². The number of rotatable bonds is 5. The molecule has 2 rings (SSSR count). The van der Waals surface area contributed by atoms with E-state index in [1.165, 1.54) is 12.3 Å². The average Bonchev–Trinajstić information content (AvgIpc) is 2.88. The van der Waals surface area contributed by atoms with Crippen LogP contribution in [0.2, 0.25) is 0 Å². The minimum atomic E-state index is -3.13. The van der Waals surface area contributed by atoms with Crippen LogP contribution < -0.4 is 0 Å². The molecule has 1 aromatic rings. The lowest BCUT2D eigenvalue weighted by molar-refractivity contribution is 0.470. The first-order valence-electron chi connectivity index (χ1n) is 6.62. The predicted octanol–water partition coefficient (Wildman–Crippen LogP) is 2.14. The number of pyridine rings is 1. The fourth-order valence-corrected chi connectivity index (χ4v) is 4.04. The Kier molecular flexibility index (Phi) is 4.52. The molecule has 0 aliphatic carbocycles. The number of halogens is 1. The highest BCUT2D eigenvalue weighted by Crippen LogP contribution is 2.28. The van der Waals surface area contributed by atoms with Crippen LogP contribution in [0.1, 0.15) is 37.7 Å². The van der Waals surface area contributed by atoms with E-state index >= 15 is 0 Å². The van der Waals surface area contributed by atoms with Crippen LogP contribution in [0.15, 0.2) is 18.3 Å². The lowest BCUT2D eigenvalue weighted by atomic mass is 10.0. The van der Waals surface area contributed by atoms with Crippen molar-refractivity contribution in [2.45, 2.75) is 32.1 Å². The minimum Gasteiger partial charge on any atom is -0.228 e. The lowest BCUT2D eigenvalue weighted by Crippen LogP contribution is -2.30. The van der Waals surface area contributed by atoms with Gasteiger partial charge in [0.2, 0.25) is 16.0 Å². The second-order valence-corrected chi connectivity index (χ2v) is 7.02. The van der Waals surface area contributed by atoms with Crippen LogP contribution in [0.4, 0.5) is 4.39 Å². The first kappa shape index (κ1) is 14.4. The van der Waals surface area contributed by atoms with Gasteiger partial charge >= 0.3 is 0 Å². The van der Waals surface area contributed by atoms with Gasteiger partial charge in [-0.3, -0.25) is 0 Å². The zero-order chi connectivity index (χ0) is 13.9. The summed E-state index contributed by atoms with van der Waals surface area (Å²) in [4.78, 5) is 3.63. The van der Waals surface area contributed by atoms with E-state index in [4.69, 9.17) is 0 Å². The number of hydrogen-bond donors (Lipinski definition) is 0. The summed E-state index contributed by atoms with van der Waals surface area (Å²) in [6, 6.07) is 3.01. The molecule has 0 aromatic carbocycles. The van der Waals surface area contributed by atoms with E-state index in [1.54, 1.807) is 10.4 Å². The zero-order valence-corrected chi connectivity index (χ0v) is 11.9. The van der Waals surface area contributed by atoms with Gasteiger partial charge in [-0.1, -0.05) is 19.4 Å². The van der Waals surface area contributed by atoms with Gasteiger partial charge in [-0.15, -0.1) is 0 Å². The molecule has 1 saturated heterocycles. The van der Waals surface area contributed by atoms with Gasteiger partial charge in [-0.25, -0.2) is 17.7 Å². The van der Waals surface area contributed by atoms with Crippen molar-refractivity contribution in [1.29, 1.82) is 0 Å². The van der Waals surface area contributed by atoms with Gasteiger partial charge in [0.05, 0.1) is 5.75 Å². The van der Waals surface area contributed by atoms with Crippen molar-refractivity contribution in [1.82, 2.24) is 9.29 Å². The van der Waals surface area contributed by atoms with Crippen molar-refractivity contribution < 1.29 is 12.8 Å². The highest BCUT2D eigenvalue weighted by molar-refractivity contribution is 7.89. The van der Waals surface area contributed by atoms with Crippen molar-refractivity contribution in [2.75, 3.05) is 18.8 Å². The third kappa shape index (κ3) is 3.51. The molecular weight excluding hydrogens is 267 g/mol.